The Hall–Kier alpha value is -1.07. The van der Waals surface area contributed by atoms with Crippen molar-refractivity contribution in [1.29, 1.82) is 0 Å². The number of Topliss-reactive ketones (excluding diaryl/α,β-unsaturated/α-hetero) is 1. The number of benzene rings is 1. The number of carbonyl (C=O) groups excluding carboxylic acids is 1. The molecule has 0 bridgehead atoms. The van der Waals surface area contributed by atoms with E-state index < -0.39 is 5.54 Å². The van der Waals surface area contributed by atoms with Crippen molar-refractivity contribution < 1.29 is 15.0 Å². The summed E-state index contributed by atoms with van der Waals surface area (Å²) in [5, 5.41) is 19.3. The molecule has 0 saturated carbocycles. The van der Waals surface area contributed by atoms with Gasteiger partial charge < -0.3 is 15.9 Å². The van der Waals surface area contributed by atoms with E-state index in [0.29, 0.717) is 30.4 Å². The minimum absolute atomic E-state index is 0. The van der Waals surface area contributed by atoms with E-state index in [1.807, 2.05) is 0 Å². The quantitative estimate of drug-likeness (QED) is 0.556. The Kier molecular flexibility index (Phi) is 6.23. The van der Waals surface area contributed by atoms with E-state index >= 15 is 0 Å². The third-order valence-corrected chi connectivity index (χ3v) is 4.26. The molecule has 0 saturated heterocycles. The van der Waals surface area contributed by atoms with E-state index in [9.17, 15) is 15.0 Å². The van der Waals surface area contributed by atoms with Crippen molar-refractivity contribution in [3.63, 3.8) is 0 Å². The Morgan fingerprint density at radius 3 is 2.62 bits per heavy atom. The minimum Gasteiger partial charge on any atom is -0.504 e. The smallest absolute Gasteiger partial charge is 0.183 e. The first-order valence-corrected chi connectivity index (χ1v) is 7.37. The molecule has 118 valence electrons. The molecule has 5 heteroatoms. The second kappa shape index (κ2) is 7.27. The highest BCUT2D eigenvalue weighted by molar-refractivity contribution is 8.93. The van der Waals surface area contributed by atoms with E-state index in [0.717, 1.165) is 25.7 Å². The second-order valence-electron chi connectivity index (χ2n) is 5.76. The number of carbonyl (C=O) groups is 1. The topological polar surface area (TPSA) is 83.6 Å². The van der Waals surface area contributed by atoms with E-state index in [1.165, 1.54) is 6.07 Å². The van der Waals surface area contributed by atoms with Crippen LogP contribution in [-0.4, -0.2) is 21.5 Å². The molecular formula is C16H24BrNO3. The van der Waals surface area contributed by atoms with Crippen LogP contribution >= 0.6 is 17.0 Å². The summed E-state index contributed by atoms with van der Waals surface area (Å²) in [5.41, 5.74) is 6.47. The zero-order valence-corrected chi connectivity index (χ0v) is 14.1. The van der Waals surface area contributed by atoms with Gasteiger partial charge in [-0.3, -0.25) is 4.79 Å². The molecule has 0 aromatic heterocycles. The number of phenolic OH excluding ortho intramolecular Hbond substituents is 2. The molecule has 21 heavy (non-hydrogen) atoms. The monoisotopic (exact) mass is 357 g/mol. The minimum atomic E-state index is -0.815. The van der Waals surface area contributed by atoms with Gasteiger partial charge in [0.2, 0.25) is 0 Å². The number of aromatic hydroxyl groups is 2. The van der Waals surface area contributed by atoms with Gasteiger partial charge in [-0.2, -0.15) is 0 Å². The van der Waals surface area contributed by atoms with E-state index in [4.69, 9.17) is 5.73 Å². The number of hydrogen-bond donors (Lipinski definition) is 3. The van der Waals surface area contributed by atoms with Gasteiger partial charge >= 0.3 is 0 Å². The fourth-order valence-corrected chi connectivity index (χ4v) is 2.93. The van der Waals surface area contributed by atoms with Gasteiger partial charge in [0.15, 0.2) is 17.3 Å². The predicted molar refractivity (Wildman–Crippen MR) is 88.4 cm³/mol. The fraction of sp³-hybridized carbons (Fsp3) is 0.562. The standard InChI is InChI=1S/C16H23NO3.BrH/c1-2-3-4-5-9-16(17)10-8-11-12(15(16)20)6-7-13(18)14(11)19;/h6-7,18-19H,2-5,8-10,17H2,1H3;1H. The molecule has 1 atom stereocenters. The van der Waals surface area contributed by atoms with E-state index in [1.54, 1.807) is 6.07 Å². The number of phenols is 2. The third-order valence-electron chi connectivity index (χ3n) is 4.26. The summed E-state index contributed by atoms with van der Waals surface area (Å²) in [7, 11) is 0. The number of rotatable bonds is 5. The Labute approximate surface area is 136 Å². The summed E-state index contributed by atoms with van der Waals surface area (Å²) in [6.45, 7) is 2.15. The van der Waals surface area contributed by atoms with Crippen LogP contribution in [-0.2, 0) is 6.42 Å². The van der Waals surface area contributed by atoms with Crippen molar-refractivity contribution in [2.24, 2.45) is 5.73 Å². The lowest BCUT2D eigenvalue weighted by Gasteiger charge is -2.33. The maximum Gasteiger partial charge on any atom is 0.183 e. The molecule has 2 rings (SSSR count). The second-order valence-corrected chi connectivity index (χ2v) is 5.76. The lowest BCUT2D eigenvalue weighted by atomic mass is 9.74. The first-order chi connectivity index (χ1) is 9.49. The van der Waals surface area contributed by atoms with Gasteiger partial charge in [0.25, 0.3) is 0 Å². The molecule has 0 spiro atoms. The summed E-state index contributed by atoms with van der Waals surface area (Å²) >= 11 is 0. The lowest BCUT2D eigenvalue weighted by Crippen LogP contribution is -2.50. The van der Waals surface area contributed by atoms with E-state index in [2.05, 4.69) is 6.92 Å². The van der Waals surface area contributed by atoms with Crippen molar-refractivity contribution in [2.75, 3.05) is 0 Å². The Morgan fingerprint density at radius 2 is 1.95 bits per heavy atom. The molecule has 1 unspecified atom stereocenters. The maximum absolute atomic E-state index is 12.5. The van der Waals surface area contributed by atoms with Crippen molar-refractivity contribution >= 4 is 22.8 Å². The van der Waals surface area contributed by atoms with Crippen LogP contribution in [0.2, 0.25) is 0 Å². The number of nitrogens with two attached hydrogens (primary N) is 1. The molecule has 4 nitrogen and oxygen atoms in total. The average Bonchev–Trinajstić information content (AvgIpc) is 2.43. The van der Waals surface area contributed by atoms with Gasteiger partial charge in [-0.15, -0.1) is 17.0 Å². The van der Waals surface area contributed by atoms with Crippen LogP contribution in [0.15, 0.2) is 12.1 Å². The van der Waals surface area contributed by atoms with Crippen molar-refractivity contribution in [3.8, 4) is 11.5 Å². The summed E-state index contributed by atoms with van der Waals surface area (Å²) in [5.74, 6) is -0.460. The third kappa shape index (κ3) is 3.58. The summed E-state index contributed by atoms with van der Waals surface area (Å²) < 4.78 is 0. The molecule has 1 aromatic carbocycles. The highest BCUT2D eigenvalue weighted by Gasteiger charge is 2.39. The van der Waals surface area contributed by atoms with Crippen molar-refractivity contribution in [3.05, 3.63) is 23.3 Å². The number of halogens is 1. The molecule has 1 aliphatic carbocycles. The number of unbranched alkanes of at least 4 members (excludes halogenated alkanes) is 3. The molecule has 0 heterocycles. The maximum atomic E-state index is 12.5. The van der Waals surface area contributed by atoms with Crippen LogP contribution in [0.5, 0.6) is 11.5 Å². The molecule has 0 aliphatic heterocycles. The number of fused-ring (bicyclic) bond motifs is 1. The normalized spacial score (nSPS) is 20.8. The van der Waals surface area contributed by atoms with Crippen LogP contribution in [0.3, 0.4) is 0 Å². The SMILES string of the molecule is Br.CCCCCCC1(N)CCc2c(ccc(O)c2O)C1=O. The Bertz CT molecular complexity index is 518. The Balaban J connectivity index is 0.00000220. The van der Waals surface area contributed by atoms with E-state index in [-0.39, 0.29) is 34.3 Å². The highest BCUT2D eigenvalue weighted by atomic mass is 79.9. The predicted octanol–water partition coefficient (Wildman–Crippen LogP) is 3.47. The first kappa shape index (κ1) is 18.0. The fourth-order valence-electron chi connectivity index (χ4n) is 2.93. The van der Waals surface area contributed by atoms with Gasteiger partial charge in [-0.25, -0.2) is 0 Å². The molecule has 1 aliphatic rings. The number of ketones is 1. The largest absolute Gasteiger partial charge is 0.504 e. The summed E-state index contributed by atoms with van der Waals surface area (Å²) in [6.07, 6.45) is 6.11. The van der Waals surface area contributed by atoms with Gasteiger partial charge in [0.05, 0.1) is 5.54 Å². The molecule has 4 N–H and O–H groups in total. The van der Waals surface area contributed by atoms with Crippen LogP contribution < -0.4 is 5.73 Å². The summed E-state index contributed by atoms with van der Waals surface area (Å²) in [6, 6.07) is 2.93. The van der Waals surface area contributed by atoms with Gasteiger partial charge in [-0.05, 0) is 31.4 Å². The van der Waals surface area contributed by atoms with Gasteiger partial charge in [-0.1, -0.05) is 32.6 Å². The van der Waals surface area contributed by atoms with Crippen LogP contribution in [0.4, 0.5) is 0 Å². The van der Waals surface area contributed by atoms with Crippen LogP contribution in [0, 0.1) is 0 Å². The van der Waals surface area contributed by atoms with Crippen LogP contribution in [0.1, 0.15) is 61.4 Å². The zero-order valence-electron chi connectivity index (χ0n) is 12.4. The average molecular weight is 358 g/mol. The number of hydrogen-bond acceptors (Lipinski definition) is 4. The van der Waals surface area contributed by atoms with Gasteiger partial charge in [0.1, 0.15) is 0 Å². The van der Waals surface area contributed by atoms with Gasteiger partial charge in [0, 0.05) is 11.1 Å². The zero-order chi connectivity index (χ0) is 14.8. The Morgan fingerprint density at radius 1 is 1.24 bits per heavy atom. The highest BCUT2D eigenvalue weighted by Crippen LogP contribution is 2.39. The first-order valence-electron chi connectivity index (χ1n) is 7.37. The summed E-state index contributed by atoms with van der Waals surface area (Å²) in [4.78, 5) is 12.5. The van der Waals surface area contributed by atoms with Crippen molar-refractivity contribution in [2.45, 2.75) is 57.4 Å². The van der Waals surface area contributed by atoms with Crippen LogP contribution in [0.25, 0.3) is 0 Å². The molecule has 0 amide bonds. The molecule has 0 radical (unpaired) electrons. The molecular weight excluding hydrogens is 334 g/mol. The van der Waals surface area contributed by atoms with Crippen molar-refractivity contribution in [1.82, 2.24) is 0 Å². The molecule has 1 aromatic rings. The molecule has 0 fully saturated rings. The lowest BCUT2D eigenvalue weighted by molar-refractivity contribution is 0.0852.